The quantitative estimate of drug-likeness (QED) is 0.652. The van der Waals surface area contributed by atoms with E-state index in [1.165, 1.54) is 0 Å². The summed E-state index contributed by atoms with van der Waals surface area (Å²) in [5.74, 6) is 0.693. The van der Waals surface area contributed by atoms with Gasteiger partial charge in [0.25, 0.3) is 11.8 Å². The van der Waals surface area contributed by atoms with Crippen molar-refractivity contribution < 1.29 is 19.2 Å². The van der Waals surface area contributed by atoms with Crippen molar-refractivity contribution in [2.24, 2.45) is 11.8 Å². The Balaban J connectivity index is 1.12. The second-order valence-corrected chi connectivity index (χ2v) is 11.1. The highest BCUT2D eigenvalue weighted by atomic mass is 16.2. The summed E-state index contributed by atoms with van der Waals surface area (Å²) in [4.78, 5) is 60.4. The lowest BCUT2D eigenvalue weighted by molar-refractivity contribution is -0.148. The van der Waals surface area contributed by atoms with Crippen molar-refractivity contribution in [2.45, 2.75) is 44.3 Å². The number of fused-ring (bicyclic) bond motifs is 9. The van der Waals surface area contributed by atoms with Gasteiger partial charge in [-0.25, -0.2) is 0 Å². The molecule has 2 aromatic carbocycles. The summed E-state index contributed by atoms with van der Waals surface area (Å²) in [6, 6.07) is 14.9. The summed E-state index contributed by atoms with van der Waals surface area (Å²) in [5.41, 5.74) is 2.51. The number of carbonyl (C=O) groups is 4. The minimum Gasteiger partial charge on any atom is -0.342 e. The highest BCUT2D eigenvalue weighted by Crippen LogP contribution is 2.45. The molecule has 0 radical (unpaired) electrons. The Kier molecular flexibility index (Phi) is 5.13. The molecule has 4 unspecified atom stereocenters. The van der Waals surface area contributed by atoms with E-state index >= 15 is 0 Å². The summed E-state index contributed by atoms with van der Waals surface area (Å²) in [5, 5.41) is 0. The first kappa shape index (κ1) is 22.5. The molecule has 2 aromatic rings. The zero-order valence-corrected chi connectivity index (χ0v) is 20.7. The second kappa shape index (κ2) is 8.43. The van der Waals surface area contributed by atoms with E-state index < -0.39 is 6.17 Å². The molecule has 37 heavy (non-hydrogen) atoms. The van der Waals surface area contributed by atoms with Crippen LogP contribution >= 0.6 is 0 Å². The van der Waals surface area contributed by atoms with E-state index in [-0.39, 0.29) is 42.6 Å². The minimum atomic E-state index is -0.540. The number of likely N-dealkylation sites (tertiary alicyclic amines) is 1. The average molecular weight is 499 g/mol. The number of benzene rings is 2. The minimum absolute atomic E-state index is 0.0427. The number of piperidine rings is 3. The third-order valence-electron chi connectivity index (χ3n) is 8.98. The van der Waals surface area contributed by atoms with Gasteiger partial charge in [-0.05, 0) is 49.3 Å². The molecule has 2 bridgehead atoms. The zero-order valence-electron chi connectivity index (χ0n) is 20.7. The van der Waals surface area contributed by atoms with Crippen LogP contribution in [0.4, 0.5) is 5.69 Å². The van der Waals surface area contributed by atoms with E-state index in [1.807, 2.05) is 35.2 Å². The van der Waals surface area contributed by atoms with Gasteiger partial charge in [-0.2, -0.15) is 0 Å². The molecule has 190 valence electrons. The molecule has 4 amide bonds. The number of carbonyl (C=O) groups excluding carboxylic acids is 4. The maximum Gasteiger partial charge on any atom is 0.260 e. The van der Waals surface area contributed by atoms with Crippen molar-refractivity contribution in [1.29, 1.82) is 0 Å². The number of nitrogens with zero attached hydrogens (tertiary/aromatic N) is 4. The van der Waals surface area contributed by atoms with Gasteiger partial charge in [0.1, 0.15) is 6.17 Å². The van der Waals surface area contributed by atoms with E-state index in [0.29, 0.717) is 48.2 Å². The predicted octanol–water partition coefficient (Wildman–Crippen LogP) is 3.05. The maximum absolute atomic E-state index is 13.6. The van der Waals surface area contributed by atoms with Crippen molar-refractivity contribution in [3.63, 3.8) is 0 Å². The number of rotatable bonds is 3. The Hall–Kier alpha value is -3.68. The third-order valence-corrected chi connectivity index (χ3v) is 8.98. The van der Waals surface area contributed by atoms with Crippen LogP contribution < -0.4 is 4.90 Å². The van der Waals surface area contributed by atoms with Gasteiger partial charge < -0.3 is 14.7 Å². The zero-order chi connectivity index (χ0) is 25.3. The summed E-state index contributed by atoms with van der Waals surface area (Å²) in [6.07, 6.45) is 3.36. The number of para-hydroxylation sites is 1. The molecular weight excluding hydrogens is 468 g/mol. The van der Waals surface area contributed by atoms with E-state index in [2.05, 4.69) is 4.90 Å². The Morgan fingerprint density at radius 1 is 0.892 bits per heavy atom. The Morgan fingerprint density at radius 2 is 1.68 bits per heavy atom. The lowest BCUT2D eigenvalue weighted by atomic mass is 9.76. The van der Waals surface area contributed by atoms with Crippen LogP contribution in [0.1, 0.15) is 64.5 Å². The van der Waals surface area contributed by atoms with Crippen LogP contribution in [0.2, 0.25) is 0 Å². The first-order chi connectivity index (χ1) is 18.0. The van der Waals surface area contributed by atoms with Crippen LogP contribution in [0.5, 0.6) is 0 Å². The molecule has 3 fully saturated rings. The van der Waals surface area contributed by atoms with Crippen molar-refractivity contribution in [1.82, 2.24) is 14.7 Å². The van der Waals surface area contributed by atoms with Crippen LogP contribution in [0, 0.1) is 11.8 Å². The second-order valence-electron chi connectivity index (χ2n) is 11.1. The van der Waals surface area contributed by atoms with Crippen molar-refractivity contribution >= 4 is 29.3 Å². The van der Waals surface area contributed by atoms with Crippen molar-refractivity contribution in [3.05, 3.63) is 65.2 Å². The summed E-state index contributed by atoms with van der Waals surface area (Å²) < 4.78 is 0. The molecule has 0 saturated carbocycles. The number of hydrogen-bond acceptors (Lipinski definition) is 4. The molecule has 3 saturated heterocycles. The summed E-state index contributed by atoms with van der Waals surface area (Å²) in [6.45, 7) is 2.34. The maximum atomic E-state index is 13.6. The van der Waals surface area contributed by atoms with Gasteiger partial charge in [0.2, 0.25) is 11.8 Å². The van der Waals surface area contributed by atoms with Gasteiger partial charge in [0, 0.05) is 56.2 Å². The molecule has 0 aromatic heterocycles. The number of anilines is 1. The highest BCUT2D eigenvalue weighted by Gasteiger charge is 2.48. The lowest BCUT2D eigenvalue weighted by Gasteiger charge is -2.52. The molecule has 5 heterocycles. The molecular formula is C29H30N4O4. The fourth-order valence-corrected chi connectivity index (χ4v) is 7.39. The molecule has 4 atom stereocenters. The van der Waals surface area contributed by atoms with E-state index in [1.54, 1.807) is 28.0 Å². The Bertz CT molecular complexity index is 1320. The number of amides is 4. The van der Waals surface area contributed by atoms with Crippen LogP contribution in [-0.2, 0) is 9.59 Å². The molecule has 0 spiro atoms. The number of hydrogen-bond donors (Lipinski definition) is 0. The first-order valence-corrected chi connectivity index (χ1v) is 13.4. The van der Waals surface area contributed by atoms with Crippen LogP contribution in [0.25, 0.3) is 0 Å². The summed E-state index contributed by atoms with van der Waals surface area (Å²) in [7, 11) is 0. The molecule has 7 rings (SSSR count). The van der Waals surface area contributed by atoms with E-state index in [0.717, 1.165) is 31.4 Å². The molecule has 5 aliphatic heterocycles. The molecule has 0 N–H and O–H groups in total. The van der Waals surface area contributed by atoms with Gasteiger partial charge in [0.15, 0.2) is 0 Å². The summed E-state index contributed by atoms with van der Waals surface area (Å²) >= 11 is 0. The molecule has 8 heteroatoms. The van der Waals surface area contributed by atoms with Crippen LogP contribution in [-0.4, -0.2) is 70.5 Å². The standard InChI is InChI=1S/C29H30N4O4/c34-25(30-15-18-14-19(17-30)23-10-5-11-26(35)32(23)16-18)12-13-31-27-20-6-1-2-7-21(20)29(37)33(27)24-9-4-3-8-22(24)28(31)36/h1-4,6-9,18-19,23,27H,5,10-17H2. The average Bonchev–Trinajstić information content (AvgIpc) is 3.21. The molecule has 8 nitrogen and oxygen atoms in total. The normalized spacial score (nSPS) is 28.1. The largest absolute Gasteiger partial charge is 0.342 e. The monoisotopic (exact) mass is 498 g/mol. The third kappa shape index (κ3) is 3.41. The fourth-order valence-electron chi connectivity index (χ4n) is 7.39. The van der Waals surface area contributed by atoms with Gasteiger partial charge in [-0.3, -0.25) is 24.1 Å². The van der Waals surface area contributed by atoms with Crippen molar-refractivity contribution in [3.8, 4) is 0 Å². The topological polar surface area (TPSA) is 81.2 Å². The van der Waals surface area contributed by atoms with Crippen molar-refractivity contribution in [2.75, 3.05) is 31.1 Å². The lowest BCUT2D eigenvalue weighted by Crippen LogP contribution is -2.61. The van der Waals surface area contributed by atoms with Gasteiger partial charge >= 0.3 is 0 Å². The molecule has 0 aliphatic carbocycles. The smallest absolute Gasteiger partial charge is 0.260 e. The molecule has 5 aliphatic rings. The van der Waals surface area contributed by atoms with E-state index in [9.17, 15) is 19.2 Å². The first-order valence-electron chi connectivity index (χ1n) is 13.4. The SMILES string of the molecule is O=C(CCN1C(=O)c2ccccc2N2C(=O)c3ccccc3C12)N1CC2CC(C1)C1CCCC(=O)N1C2. The van der Waals surface area contributed by atoms with Gasteiger partial charge in [-0.15, -0.1) is 0 Å². The van der Waals surface area contributed by atoms with Gasteiger partial charge in [-0.1, -0.05) is 30.3 Å². The van der Waals surface area contributed by atoms with E-state index in [4.69, 9.17) is 0 Å². The van der Waals surface area contributed by atoms with Crippen LogP contribution in [0.3, 0.4) is 0 Å². The Labute approximate surface area is 215 Å². The fraction of sp³-hybridized carbons (Fsp3) is 0.448. The van der Waals surface area contributed by atoms with Gasteiger partial charge in [0.05, 0.1) is 11.3 Å². The van der Waals surface area contributed by atoms with Crippen LogP contribution in [0.15, 0.2) is 48.5 Å². The Morgan fingerprint density at radius 3 is 2.54 bits per heavy atom. The predicted molar refractivity (Wildman–Crippen MR) is 136 cm³/mol. The highest BCUT2D eigenvalue weighted by molar-refractivity contribution is 6.16.